The van der Waals surface area contributed by atoms with E-state index in [1.165, 1.54) is 19.3 Å². The molecular weight excluding hydrogens is 268 g/mol. The smallest absolute Gasteiger partial charge is 0.321 e. The summed E-state index contributed by atoms with van der Waals surface area (Å²) in [5.74, 6) is -0.189. The average Bonchev–Trinajstić information content (AvgIpc) is 2.41. The Labute approximate surface area is 127 Å². The summed E-state index contributed by atoms with van der Waals surface area (Å²) in [4.78, 5) is 25.5. The van der Waals surface area contributed by atoms with Crippen LogP contribution in [0.15, 0.2) is 0 Å². The highest BCUT2D eigenvalue weighted by Gasteiger charge is 2.35. The van der Waals surface area contributed by atoms with E-state index < -0.39 is 12.0 Å². The molecule has 1 saturated heterocycles. The van der Waals surface area contributed by atoms with Gasteiger partial charge in [-0.15, -0.1) is 0 Å². The van der Waals surface area contributed by atoms with Crippen LogP contribution in [0.2, 0.25) is 0 Å². The van der Waals surface area contributed by atoms with Crippen molar-refractivity contribution in [3.63, 3.8) is 0 Å². The third kappa shape index (κ3) is 4.19. The number of carboxylic acid groups (broad SMARTS) is 1. The summed E-state index contributed by atoms with van der Waals surface area (Å²) in [5.41, 5.74) is 0. The van der Waals surface area contributed by atoms with Crippen LogP contribution in [0.4, 0.5) is 0 Å². The van der Waals surface area contributed by atoms with E-state index in [0.717, 1.165) is 19.3 Å². The molecule has 1 aliphatic heterocycles. The molecule has 2 rings (SSSR count). The lowest BCUT2D eigenvalue weighted by molar-refractivity contribution is -0.147. The van der Waals surface area contributed by atoms with E-state index in [4.69, 9.17) is 0 Å². The maximum absolute atomic E-state index is 12.3. The number of hydrogen-bond donors (Lipinski definition) is 2. The number of nitrogens with one attached hydrogen (secondary N) is 1. The number of piperidine rings is 1. The van der Waals surface area contributed by atoms with Crippen molar-refractivity contribution in [3.05, 3.63) is 0 Å². The topological polar surface area (TPSA) is 69.6 Å². The van der Waals surface area contributed by atoms with E-state index in [2.05, 4.69) is 12.2 Å². The molecule has 0 radical (unpaired) electrons. The van der Waals surface area contributed by atoms with Crippen molar-refractivity contribution >= 4 is 11.9 Å². The third-order valence-electron chi connectivity index (χ3n) is 5.09. The Hall–Kier alpha value is -1.10. The molecule has 0 aromatic rings. The van der Waals surface area contributed by atoms with Crippen molar-refractivity contribution in [2.24, 2.45) is 11.8 Å². The minimum atomic E-state index is -0.805. The van der Waals surface area contributed by atoms with E-state index in [1.807, 2.05) is 11.8 Å². The summed E-state index contributed by atoms with van der Waals surface area (Å²) in [6.45, 7) is 5.07. The Morgan fingerprint density at radius 3 is 2.43 bits per heavy atom. The molecule has 2 aliphatic rings. The van der Waals surface area contributed by atoms with Crippen molar-refractivity contribution in [3.8, 4) is 0 Å². The molecule has 0 bridgehead atoms. The highest BCUT2D eigenvalue weighted by Crippen LogP contribution is 2.25. The van der Waals surface area contributed by atoms with E-state index >= 15 is 0 Å². The normalized spacial score (nSPS) is 34.4. The van der Waals surface area contributed by atoms with Gasteiger partial charge < -0.3 is 10.4 Å². The summed E-state index contributed by atoms with van der Waals surface area (Å²) in [6, 6.07) is -0.259. The van der Waals surface area contributed by atoms with Gasteiger partial charge in [-0.2, -0.15) is 0 Å². The van der Waals surface area contributed by atoms with Crippen molar-refractivity contribution in [1.29, 1.82) is 0 Å². The van der Waals surface area contributed by atoms with Gasteiger partial charge in [-0.3, -0.25) is 14.5 Å². The van der Waals surface area contributed by atoms with Crippen molar-refractivity contribution in [2.45, 2.75) is 64.5 Å². The van der Waals surface area contributed by atoms with Gasteiger partial charge in [0.15, 0.2) is 0 Å². The van der Waals surface area contributed by atoms with Crippen LogP contribution in [0.3, 0.4) is 0 Å². The molecule has 1 saturated carbocycles. The number of amides is 1. The molecule has 0 spiro atoms. The third-order valence-corrected chi connectivity index (χ3v) is 5.09. The lowest BCUT2D eigenvalue weighted by Crippen LogP contribution is -2.54. The maximum atomic E-state index is 12.3. The summed E-state index contributed by atoms with van der Waals surface area (Å²) < 4.78 is 0. The molecule has 2 N–H and O–H groups in total. The molecule has 1 heterocycles. The fourth-order valence-electron chi connectivity index (χ4n) is 3.82. The van der Waals surface area contributed by atoms with Crippen LogP contribution in [0.1, 0.15) is 52.4 Å². The van der Waals surface area contributed by atoms with E-state index in [0.29, 0.717) is 12.5 Å². The number of likely N-dealkylation sites (tertiary alicyclic amines) is 1. The van der Waals surface area contributed by atoms with Crippen molar-refractivity contribution < 1.29 is 14.7 Å². The maximum Gasteiger partial charge on any atom is 0.321 e. The molecule has 5 heteroatoms. The first-order chi connectivity index (χ1) is 9.99. The Morgan fingerprint density at radius 2 is 1.76 bits per heavy atom. The monoisotopic (exact) mass is 296 g/mol. The second-order valence-electron chi connectivity index (χ2n) is 6.81. The van der Waals surface area contributed by atoms with Gasteiger partial charge in [-0.05, 0) is 44.1 Å². The standard InChI is InChI=1S/C16H28N2O3/c1-11-6-3-4-8-13(11)17-14(19)10-18-9-5-7-12(2)15(18)16(20)21/h11-13,15H,3-10H2,1-2H3,(H,17,19)(H,20,21). The van der Waals surface area contributed by atoms with E-state index in [-0.39, 0.29) is 24.4 Å². The predicted octanol–water partition coefficient (Wildman–Crippen LogP) is 1.87. The number of carbonyl (C=O) groups excluding carboxylic acids is 1. The molecule has 120 valence electrons. The quantitative estimate of drug-likeness (QED) is 0.831. The molecule has 21 heavy (non-hydrogen) atoms. The molecule has 0 aromatic heterocycles. The molecule has 5 nitrogen and oxygen atoms in total. The molecule has 1 amide bonds. The molecular formula is C16H28N2O3. The first kappa shape index (κ1) is 16.3. The van der Waals surface area contributed by atoms with Crippen molar-refractivity contribution in [2.75, 3.05) is 13.1 Å². The van der Waals surface area contributed by atoms with Gasteiger partial charge in [0, 0.05) is 6.04 Å². The summed E-state index contributed by atoms with van der Waals surface area (Å²) >= 11 is 0. The Balaban J connectivity index is 1.89. The SMILES string of the molecule is CC1CCCCC1NC(=O)CN1CCCC(C)C1C(=O)O. The van der Waals surface area contributed by atoms with Crippen LogP contribution in [-0.2, 0) is 9.59 Å². The highest BCUT2D eigenvalue weighted by molar-refractivity contribution is 5.80. The largest absolute Gasteiger partial charge is 0.480 e. The number of carbonyl (C=O) groups is 2. The Morgan fingerprint density at radius 1 is 1.10 bits per heavy atom. The van der Waals surface area contributed by atoms with Gasteiger partial charge in [0.2, 0.25) is 5.91 Å². The lowest BCUT2D eigenvalue weighted by atomic mass is 9.86. The second kappa shape index (κ2) is 7.25. The van der Waals surface area contributed by atoms with E-state index in [9.17, 15) is 14.7 Å². The Bertz CT molecular complexity index is 386. The summed E-state index contributed by atoms with van der Waals surface area (Å²) in [6.07, 6.45) is 6.54. The van der Waals surface area contributed by atoms with Gasteiger partial charge in [-0.25, -0.2) is 0 Å². The first-order valence-corrected chi connectivity index (χ1v) is 8.25. The van der Waals surface area contributed by atoms with Crippen LogP contribution >= 0.6 is 0 Å². The zero-order chi connectivity index (χ0) is 15.4. The minimum absolute atomic E-state index is 0.0194. The highest BCUT2D eigenvalue weighted by atomic mass is 16.4. The van der Waals surface area contributed by atoms with Gasteiger partial charge in [-0.1, -0.05) is 26.7 Å². The number of carboxylic acids is 1. The van der Waals surface area contributed by atoms with Gasteiger partial charge in [0.25, 0.3) is 0 Å². The summed E-state index contributed by atoms with van der Waals surface area (Å²) in [5, 5.41) is 12.5. The Kier molecular flexibility index (Phi) is 5.62. The minimum Gasteiger partial charge on any atom is -0.480 e. The number of hydrogen-bond acceptors (Lipinski definition) is 3. The number of rotatable bonds is 4. The number of aliphatic carboxylic acids is 1. The fourth-order valence-corrected chi connectivity index (χ4v) is 3.82. The number of nitrogens with zero attached hydrogens (tertiary/aromatic N) is 1. The molecule has 0 aromatic carbocycles. The van der Waals surface area contributed by atoms with Crippen LogP contribution in [0.5, 0.6) is 0 Å². The van der Waals surface area contributed by atoms with Gasteiger partial charge in [0.1, 0.15) is 6.04 Å². The van der Waals surface area contributed by atoms with Crippen LogP contribution in [0.25, 0.3) is 0 Å². The summed E-state index contributed by atoms with van der Waals surface area (Å²) in [7, 11) is 0. The zero-order valence-corrected chi connectivity index (χ0v) is 13.2. The molecule has 2 fully saturated rings. The molecule has 4 atom stereocenters. The van der Waals surface area contributed by atoms with E-state index in [1.54, 1.807) is 0 Å². The first-order valence-electron chi connectivity index (χ1n) is 8.25. The second-order valence-corrected chi connectivity index (χ2v) is 6.81. The van der Waals surface area contributed by atoms with Crippen LogP contribution in [-0.4, -0.2) is 47.1 Å². The predicted molar refractivity (Wildman–Crippen MR) is 81.0 cm³/mol. The average molecular weight is 296 g/mol. The molecule has 4 unspecified atom stereocenters. The van der Waals surface area contributed by atoms with Crippen LogP contribution in [0, 0.1) is 11.8 Å². The zero-order valence-electron chi connectivity index (χ0n) is 13.2. The molecule has 1 aliphatic carbocycles. The lowest BCUT2D eigenvalue weighted by Gasteiger charge is -2.37. The fraction of sp³-hybridized carbons (Fsp3) is 0.875. The van der Waals surface area contributed by atoms with Gasteiger partial charge in [0.05, 0.1) is 6.54 Å². The van der Waals surface area contributed by atoms with Gasteiger partial charge >= 0.3 is 5.97 Å². The van der Waals surface area contributed by atoms with Crippen molar-refractivity contribution in [1.82, 2.24) is 10.2 Å². The van der Waals surface area contributed by atoms with Crippen LogP contribution < -0.4 is 5.32 Å².